The van der Waals surface area contributed by atoms with E-state index in [1.54, 1.807) is 12.1 Å². The lowest BCUT2D eigenvalue weighted by Crippen LogP contribution is -2.41. The Hall–Kier alpha value is -1.68. The zero-order valence-corrected chi connectivity index (χ0v) is 11.2. The summed E-state index contributed by atoms with van der Waals surface area (Å²) in [5.74, 6) is -0.325. The highest BCUT2D eigenvalue weighted by Crippen LogP contribution is 2.18. The van der Waals surface area contributed by atoms with Gasteiger partial charge in [-0.25, -0.2) is 0 Å². The summed E-state index contributed by atoms with van der Waals surface area (Å²) in [4.78, 5) is 26.1. The van der Waals surface area contributed by atoms with Crippen LogP contribution in [0.15, 0.2) is 30.3 Å². The maximum absolute atomic E-state index is 12.5. The fourth-order valence-corrected chi connectivity index (χ4v) is 2.48. The first kappa shape index (κ1) is 13.7. The zero-order chi connectivity index (χ0) is 13.7. The molecule has 0 aromatic heterocycles. The molecule has 102 valence electrons. The van der Waals surface area contributed by atoms with Crippen molar-refractivity contribution >= 4 is 11.8 Å². The molecule has 1 unspecified atom stereocenters. The van der Waals surface area contributed by atoms with Crippen LogP contribution in [-0.2, 0) is 9.53 Å². The molecular formula is C15H19NO3. The van der Waals surface area contributed by atoms with Gasteiger partial charge in [0.05, 0.1) is 19.6 Å². The van der Waals surface area contributed by atoms with E-state index >= 15 is 0 Å². The molecule has 1 saturated heterocycles. The van der Waals surface area contributed by atoms with Crippen LogP contribution in [-0.4, -0.2) is 42.9 Å². The van der Waals surface area contributed by atoms with Crippen molar-refractivity contribution in [1.29, 1.82) is 0 Å². The maximum atomic E-state index is 12.5. The number of carbonyl (C=O) groups is 2. The van der Waals surface area contributed by atoms with Crippen LogP contribution in [0.1, 0.15) is 29.6 Å². The molecule has 4 nitrogen and oxygen atoms in total. The summed E-state index contributed by atoms with van der Waals surface area (Å²) in [5, 5.41) is 0. The summed E-state index contributed by atoms with van der Waals surface area (Å²) in [6.07, 6.45) is 2.30. The Morgan fingerprint density at radius 2 is 1.84 bits per heavy atom. The van der Waals surface area contributed by atoms with Crippen LogP contribution in [0.4, 0.5) is 0 Å². The summed E-state index contributed by atoms with van der Waals surface area (Å²) in [6.45, 7) is 1.75. The van der Waals surface area contributed by atoms with Gasteiger partial charge in [-0.2, -0.15) is 0 Å². The van der Waals surface area contributed by atoms with Crippen molar-refractivity contribution in [2.45, 2.75) is 25.3 Å². The number of benzene rings is 1. The zero-order valence-electron chi connectivity index (χ0n) is 11.2. The molecule has 4 heteroatoms. The topological polar surface area (TPSA) is 46.6 Å². The second-order valence-electron chi connectivity index (χ2n) is 4.77. The van der Waals surface area contributed by atoms with Crippen LogP contribution in [0.5, 0.6) is 0 Å². The van der Waals surface area contributed by atoms with E-state index in [1.807, 2.05) is 18.2 Å². The van der Waals surface area contributed by atoms with Crippen molar-refractivity contribution < 1.29 is 14.3 Å². The van der Waals surface area contributed by atoms with Gasteiger partial charge in [0, 0.05) is 5.56 Å². The van der Waals surface area contributed by atoms with E-state index in [0.29, 0.717) is 5.56 Å². The molecule has 1 aliphatic heterocycles. The van der Waals surface area contributed by atoms with E-state index in [9.17, 15) is 9.59 Å². The first-order valence-corrected chi connectivity index (χ1v) is 6.62. The molecule has 0 saturated carbocycles. The molecular weight excluding hydrogens is 242 g/mol. The van der Waals surface area contributed by atoms with Gasteiger partial charge < -0.3 is 4.74 Å². The van der Waals surface area contributed by atoms with Crippen molar-refractivity contribution in [2.75, 3.05) is 20.2 Å². The standard InChI is InChI=1S/C15H19NO3/c1-19-14(17)11-13(16-9-5-6-10-16)15(18)12-7-3-2-4-8-12/h2-4,7-8,13H,5-6,9-11H2,1H3. The van der Waals surface area contributed by atoms with Crippen LogP contribution in [0.2, 0.25) is 0 Å². The summed E-state index contributed by atoms with van der Waals surface area (Å²) < 4.78 is 4.71. The third-order valence-corrected chi connectivity index (χ3v) is 3.53. The number of hydrogen-bond acceptors (Lipinski definition) is 4. The fraction of sp³-hybridized carbons (Fsp3) is 0.467. The Kier molecular flexibility index (Phi) is 4.68. The molecule has 1 fully saturated rings. The number of methoxy groups -OCH3 is 1. The number of carbonyl (C=O) groups excluding carboxylic acids is 2. The SMILES string of the molecule is COC(=O)CC(C(=O)c1ccccc1)N1CCCC1. The molecule has 0 radical (unpaired) electrons. The number of ketones is 1. The van der Waals surface area contributed by atoms with E-state index in [1.165, 1.54) is 7.11 Å². The maximum Gasteiger partial charge on any atom is 0.307 e. The Bertz CT molecular complexity index is 438. The molecule has 1 aliphatic rings. The molecule has 1 atom stereocenters. The summed E-state index contributed by atoms with van der Waals surface area (Å²) >= 11 is 0. The molecule has 2 rings (SSSR count). The second kappa shape index (κ2) is 6.48. The van der Waals surface area contributed by atoms with E-state index in [4.69, 9.17) is 4.74 Å². The van der Waals surface area contributed by atoms with Crippen molar-refractivity contribution in [3.63, 3.8) is 0 Å². The number of rotatable bonds is 5. The van der Waals surface area contributed by atoms with Crippen LogP contribution in [0.3, 0.4) is 0 Å². The fourth-order valence-electron chi connectivity index (χ4n) is 2.48. The molecule has 1 heterocycles. The minimum Gasteiger partial charge on any atom is -0.469 e. The van der Waals surface area contributed by atoms with Gasteiger partial charge in [-0.3, -0.25) is 14.5 Å². The van der Waals surface area contributed by atoms with E-state index < -0.39 is 6.04 Å². The lowest BCUT2D eigenvalue weighted by Gasteiger charge is -2.25. The number of nitrogens with zero attached hydrogens (tertiary/aromatic N) is 1. The Balaban J connectivity index is 2.16. The third kappa shape index (κ3) is 3.41. The molecule has 0 N–H and O–H groups in total. The van der Waals surface area contributed by atoms with E-state index in [2.05, 4.69) is 4.90 Å². The Morgan fingerprint density at radius 1 is 1.21 bits per heavy atom. The van der Waals surface area contributed by atoms with Gasteiger partial charge in [0.2, 0.25) is 0 Å². The van der Waals surface area contributed by atoms with Crippen molar-refractivity contribution in [3.05, 3.63) is 35.9 Å². The molecule has 1 aromatic rings. The first-order chi connectivity index (χ1) is 9.22. The van der Waals surface area contributed by atoms with Gasteiger partial charge in [-0.15, -0.1) is 0 Å². The molecule has 1 aromatic carbocycles. The summed E-state index contributed by atoms with van der Waals surface area (Å²) in [7, 11) is 1.36. The molecule has 19 heavy (non-hydrogen) atoms. The van der Waals surface area contributed by atoms with E-state index in [-0.39, 0.29) is 18.2 Å². The van der Waals surface area contributed by atoms with Crippen molar-refractivity contribution in [1.82, 2.24) is 4.90 Å². The molecule has 0 amide bonds. The number of likely N-dealkylation sites (tertiary alicyclic amines) is 1. The second-order valence-corrected chi connectivity index (χ2v) is 4.77. The Morgan fingerprint density at radius 3 is 2.42 bits per heavy atom. The normalized spacial score (nSPS) is 17.1. The molecule has 0 spiro atoms. The highest BCUT2D eigenvalue weighted by Gasteiger charge is 2.31. The van der Waals surface area contributed by atoms with E-state index in [0.717, 1.165) is 25.9 Å². The van der Waals surface area contributed by atoms with Crippen LogP contribution >= 0.6 is 0 Å². The largest absolute Gasteiger partial charge is 0.469 e. The number of Topliss-reactive ketones (excluding diaryl/α,β-unsaturated/α-hetero) is 1. The molecule has 0 aliphatic carbocycles. The van der Waals surface area contributed by atoms with Crippen LogP contribution in [0, 0.1) is 0 Å². The quantitative estimate of drug-likeness (QED) is 0.600. The highest BCUT2D eigenvalue weighted by molar-refractivity contribution is 6.01. The van der Waals surface area contributed by atoms with Crippen molar-refractivity contribution in [3.8, 4) is 0 Å². The predicted molar refractivity (Wildman–Crippen MR) is 72.0 cm³/mol. The minimum absolute atomic E-state index is 0.00731. The van der Waals surface area contributed by atoms with Crippen LogP contribution in [0.25, 0.3) is 0 Å². The van der Waals surface area contributed by atoms with Gasteiger partial charge in [-0.1, -0.05) is 30.3 Å². The van der Waals surface area contributed by atoms with Gasteiger partial charge >= 0.3 is 5.97 Å². The average molecular weight is 261 g/mol. The van der Waals surface area contributed by atoms with Gasteiger partial charge in [0.25, 0.3) is 0 Å². The van der Waals surface area contributed by atoms with Gasteiger partial charge in [0.15, 0.2) is 5.78 Å². The lowest BCUT2D eigenvalue weighted by atomic mass is 10.0. The Labute approximate surface area is 113 Å². The summed E-state index contributed by atoms with van der Waals surface area (Å²) in [5.41, 5.74) is 0.656. The van der Waals surface area contributed by atoms with Crippen molar-refractivity contribution in [2.24, 2.45) is 0 Å². The summed E-state index contributed by atoms with van der Waals surface area (Å²) in [6, 6.07) is 8.75. The molecule has 0 bridgehead atoms. The third-order valence-electron chi connectivity index (χ3n) is 3.53. The smallest absolute Gasteiger partial charge is 0.307 e. The highest BCUT2D eigenvalue weighted by atomic mass is 16.5. The van der Waals surface area contributed by atoms with Crippen LogP contribution < -0.4 is 0 Å². The van der Waals surface area contributed by atoms with Gasteiger partial charge in [0.1, 0.15) is 0 Å². The van der Waals surface area contributed by atoms with Gasteiger partial charge in [-0.05, 0) is 25.9 Å². The number of ether oxygens (including phenoxy) is 1. The monoisotopic (exact) mass is 261 g/mol. The number of hydrogen-bond donors (Lipinski definition) is 0. The lowest BCUT2D eigenvalue weighted by molar-refractivity contribution is -0.141. The predicted octanol–water partition coefficient (Wildman–Crippen LogP) is 1.90. The minimum atomic E-state index is -0.391. The number of esters is 1. The average Bonchev–Trinajstić information content (AvgIpc) is 2.98. The first-order valence-electron chi connectivity index (χ1n) is 6.62.